The van der Waals surface area contributed by atoms with Crippen molar-refractivity contribution in [3.8, 4) is 0 Å². The molecule has 0 saturated carbocycles. The SMILES string of the molecule is O=C(O)C[C@@]1(Cc2cccc(F)c2)C(=O)N(Cc2ccccc2)c2ccccc21. The fraction of sp³-hybridized carbons (Fsp3) is 0.167. The van der Waals surface area contributed by atoms with Crippen LogP contribution in [0.4, 0.5) is 10.1 Å². The third kappa shape index (κ3) is 3.51. The highest BCUT2D eigenvalue weighted by Gasteiger charge is 2.51. The van der Waals surface area contributed by atoms with Gasteiger partial charge >= 0.3 is 5.97 Å². The number of para-hydroxylation sites is 1. The summed E-state index contributed by atoms with van der Waals surface area (Å²) in [6.07, 6.45) is -0.233. The molecule has 4 rings (SSSR count). The summed E-state index contributed by atoms with van der Waals surface area (Å²) in [5.74, 6) is -1.74. The van der Waals surface area contributed by atoms with Gasteiger partial charge in [0.15, 0.2) is 0 Å². The van der Waals surface area contributed by atoms with Crippen molar-refractivity contribution in [3.63, 3.8) is 0 Å². The van der Waals surface area contributed by atoms with Crippen LogP contribution in [0.15, 0.2) is 78.9 Å². The van der Waals surface area contributed by atoms with E-state index in [0.717, 1.165) is 5.56 Å². The van der Waals surface area contributed by atoms with Crippen molar-refractivity contribution in [1.29, 1.82) is 0 Å². The van der Waals surface area contributed by atoms with Crippen molar-refractivity contribution in [2.45, 2.75) is 24.8 Å². The summed E-state index contributed by atoms with van der Waals surface area (Å²) in [6.45, 7) is 0.348. The minimum atomic E-state index is -1.27. The van der Waals surface area contributed by atoms with Gasteiger partial charge in [-0.3, -0.25) is 9.59 Å². The zero-order chi connectivity index (χ0) is 20.4. The molecule has 29 heavy (non-hydrogen) atoms. The molecule has 1 amide bonds. The highest BCUT2D eigenvalue weighted by molar-refractivity contribution is 6.09. The van der Waals surface area contributed by atoms with Gasteiger partial charge in [0, 0.05) is 5.69 Å². The average molecular weight is 389 g/mol. The van der Waals surface area contributed by atoms with Gasteiger partial charge in [0.2, 0.25) is 5.91 Å². The van der Waals surface area contributed by atoms with E-state index < -0.39 is 17.2 Å². The van der Waals surface area contributed by atoms with Gasteiger partial charge in [0.25, 0.3) is 0 Å². The smallest absolute Gasteiger partial charge is 0.304 e. The lowest BCUT2D eigenvalue weighted by Crippen LogP contribution is -2.43. The van der Waals surface area contributed by atoms with Gasteiger partial charge in [-0.2, -0.15) is 0 Å². The average Bonchev–Trinajstić information content (AvgIpc) is 2.91. The van der Waals surface area contributed by atoms with Crippen molar-refractivity contribution in [2.24, 2.45) is 0 Å². The summed E-state index contributed by atoms with van der Waals surface area (Å²) < 4.78 is 13.8. The van der Waals surface area contributed by atoms with E-state index in [4.69, 9.17) is 0 Å². The molecule has 0 spiro atoms. The molecular weight excluding hydrogens is 369 g/mol. The topological polar surface area (TPSA) is 57.6 Å². The van der Waals surface area contributed by atoms with Gasteiger partial charge in [-0.15, -0.1) is 0 Å². The molecule has 0 aliphatic carbocycles. The number of benzene rings is 3. The fourth-order valence-corrected chi connectivity index (χ4v) is 4.18. The van der Waals surface area contributed by atoms with Crippen LogP contribution in [0, 0.1) is 5.82 Å². The van der Waals surface area contributed by atoms with Crippen LogP contribution in [-0.4, -0.2) is 17.0 Å². The van der Waals surface area contributed by atoms with E-state index >= 15 is 0 Å². The van der Waals surface area contributed by atoms with Gasteiger partial charge < -0.3 is 10.0 Å². The van der Waals surface area contributed by atoms with Crippen LogP contribution in [0.25, 0.3) is 0 Å². The second kappa shape index (κ2) is 7.51. The van der Waals surface area contributed by atoms with Crippen LogP contribution in [-0.2, 0) is 28.0 Å². The molecule has 146 valence electrons. The molecule has 3 aromatic carbocycles. The van der Waals surface area contributed by atoms with Gasteiger partial charge in [-0.1, -0.05) is 60.7 Å². The zero-order valence-electron chi connectivity index (χ0n) is 15.7. The highest BCUT2D eigenvalue weighted by Crippen LogP contribution is 2.46. The minimum absolute atomic E-state index is 0.123. The predicted octanol–water partition coefficient (Wildman–Crippen LogP) is 4.33. The number of rotatable bonds is 6. The molecule has 0 fully saturated rings. The van der Waals surface area contributed by atoms with E-state index in [9.17, 15) is 19.1 Å². The number of hydrogen-bond acceptors (Lipinski definition) is 2. The number of amides is 1. The molecule has 1 heterocycles. The van der Waals surface area contributed by atoms with E-state index in [1.165, 1.54) is 12.1 Å². The van der Waals surface area contributed by atoms with Gasteiger partial charge in [0.1, 0.15) is 5.82 Å². The van der Waals surface area contributed by atoms with E-state index in [2.05, 4.69) is 0 Å². The molecule has 0 radical (unpaired) electrons. The number of aliphatic carboxylic acids is 1. The largest absolute Gasteiger partial charge is 0.481 e. The number of hydrogen-bond donors (Lipinski definition) is 1. The van der Waals surface area contributed by atoms with Crippen LogP contribution in [0.3, 0.4) is 0 Å². The molecule has 0 saturated heterocycles. The highest BCUT2D eigenvalue weighted by atomic mass is 19.1. The molecule has 0 aromatic heterocycles. The van der Waals surface area contributed by atoms with Crippen molar-refractivity contribution >= 4 is 17.6 Å². The Morgan fingerprint density at radius 2 is 1.62 bits per heavy atom. The van der Waals surface area contributed by atoms with Crippen molar-refractivity contribution in [2.75, 3.05) is 4.90 Å². The monoisotopic (exact) mass is 389 g/mol. The van der Waals surface area contributed by atoms with Gasteiger partial charge in [-0.25, -0.2) is 4.39 Å². The molecular formula is C24H20FNO3. The number of nitrogens with zero attached hydrogens (tertiary/aromatic N) is 1. The summed E-state index contributed by atoms with van der Waals surface area (Å²) in [6, 6.07) is 22.8. The Bertz CT molecular complexity index is 1070. The standard InChI is InChI=1S/C24H20FNO3/c25-19-10-6-9-18(13-19)14-24(15-22(27)28)20-11-4-5-12-21(20)26(23(24)29)16-17-7-2-1-3-8-17/h1-13H,14-16H2,(H,27,28)/t24-/m1/s1. The first kappa shape index (κ1) is 18.9. The maximum Gasteiger partial charge on any atom is 0.304 e. The lowest BCUT2D eigenvalue weighted by atomic mass is 9.74. The lowest BCUT2D eigenvalue weighted by Gasteiger charge is -2.27. The zero-order valence-corrected chi connectivity index (χ0v) is 15.7. The Balaban J connectivity index is 1.81. The number of carbonyl (C=O) groups is 2. The van der Waals surface area contributed by atoms with Crippen LogP contribution in [0.5, 0.6) is 0 Å². The van der Waals surface area contributed by atoms with E-state index in [-0.39, 0.29) is 18.7 Å². The molecule has 0 bridgehead atoms. The third-order valence-corrected chi connectivity index (χ3v) is 5.40. The number of halogens is 1. The number of fused-ring (bicyclic) bond motifs is 1. The molecule has 3 aromatic rings. The molecule has 1 N–H and O–H groups in total. The first-order valence-corrected chi connectivity index (χ1v) is 9.41. The van der Waals surface area contributed by atoms with E-state index in [1.807, 2.05) is 42.5 Å². The second-order valence-corrected chi connectivity index (χ2v) is 7.35. The number of carboxylic acids is 1. The molecule has 5 heteroatoms. The van der Waals surface area contributed by atoms with Crippen molar-refractivity contribution < 1.29 is 19.1 Å². The minimum Gasteiger partial charge on any atom is -0.481 e. The molecule has 1 aliphatic heterocycles. The third-order valence-electron chi connectivity index (χ3n) is 5.40. The Kier molecular flexibility index (Phi) is 4.89. The van der Waals surface area contributed by atoms with Gasteiger partial charge in [-0.05, 0) is 41.3 Å². The van der Waals surface area contributed by atoms with Crippen molar-refractivity contribution in [3.05, 3.63) is 101 Å². The maximum atomic E-state index is 13.8. The summed E-state index contributed by atoms with van der Waals surface area (Å²) in [7, 11) is 0. The number of carboxylic acid groups (broad SMARTS) is 1. The van der Waals surface area contributed by atoms with Crippen molar-refractivity contribution in [1.82, 2.24) is 0 Å². The molecule has 1 atom stereocenters. The molecule has 0 unspecified atom stereocenters. The summed E-state index contributed by atoms with van der Waals surface area (Å²) in [5, 5.41) is 9.65. The van der Waals surface area contributed by atoms with E-state index in [1.54, 1.807) is 29.2 Å². The second-order valence-electron chi connectivity index (χ2n) is 7.35. The Labute approximate surface area is 168 Å². The Morgan fingerprint density at radius 3 is 2.34 bits per heavy atom. The van der Waals surface area contributed by atoms with Crippen LogP contribution < -0.4 is 4.90 Å². The number of carbonyl (C=O) groups excluding carboxylic acids is 1. The van der Waals surface area contributed by atoms with Gasteiger partial charge in [0.05, 0.1) is 18.4 Å². The van der Waals surface area contributed by atoms with E-state index in [0.29, 0.717) is 23.4 Å². The fourth-order valence-electron chi connectivity index (χ4n) is 4.18. The Morgan fingerprint density at radius 1 is 0.931 bits per heavy atom. The van der Waals surface area contributed by atoms with Crippen LogP contribution >= 0.6 is 0 Å². The van der Waals surface area contributed by atoms with Crippen LogP contribution in [0.2, 0.25) is 0 Å². The number of anilines is 1. The Hall–Kier alpha value is -3.47. The summed E-state index contributed by atoms with van der Waals surface area (Å²) in [4.78, 5) is 27.1. The molecule has 1 aliphatic rings. The lowest BCUT2D eigenvalue weighted by molar-refractivity contribution is -0.141. The first-order chi connectivity index (χ1) is 14.0. The normalized spacial score (nSPS) is 18.0. The maximum absolute atomic E-state index is 13.8. The predicted molar refractivity (Wildman–Crippen MR) is 108 cm³/mol. The molecule has 4 nitrogen and oxygen atoms in total. The summed E-state index contributed by atoms with van der Waals surface area (Å²) >= 11 is 0. The van der Waals surface area contributed by atoms with Crippen LogP contribution in [0.1, 0.15) is 23.1 Å². The first-order valence-electron chi connectivity index (χ1n) is 9.41. The quantitative estimate of drug-likeness (QED) is 0.683. The summed E-state index contributed by atoms with van der Waals surface area (Å²) in [5.41, 5.74) is 1.65.